The highest BCUT2D eigenvalue weighted by molar-refractivity contribution is 7.51. The van der Waals surface area contributed by atoms with Gasteiger partial charge in [0.1, 0.15) is 29.8 Å². The van der Waals surface area contributed by atoms with Crippen molar-refractivity contribution in [1.29, 1.82) is 0 Å². The lowest BCUT2D eigenvalue weighted by Gasteiger charge is -2.16. The van der Waals surface area contributed by atoms with E-state index in [2.05, 4.69) is 10.1 Å². The van der Waals surface area contributed by atoms with Crippen molar-refractivity contribution in [2.45, 2.75) is 24.5 Å². The number of pyridine rings is 1. The minimum Gasteiger partial charge on any atom is -0.398 e. The van der Waals surface area contributed by atoms with Crippen LogP contribution in [0.15, 0.2) is 12.3 Å². The molecule has 2 aromatic heterocycles. The van der Waals surface area contributed by atoms with Gasteiger partial charge in [-0.15, -0.1) is 0 Å². The molecule has 0 bridgehead atoms. The number of rotatable bonds is 5. The summed E-state index contributed by atoms with van der Waals surface area (Å²) in [4.78, 5) is 21.6. The number of nitrogens with two attached hydrogens (primary N) is 1. The van der Waals surface area contributed by atoms with Gasteiger partial charge in [-0.3, -0.25) is 4.57 Å². The summed E-state index contributed by atoms with van der Waals surface area (Å²) < 4.78 is 22.4. The summed E-state index contributed by atoms with van der Waals surface area (Å²) in [6.07, 6.45) is -4.22. The number of nitrogens with zero attached hydrogens (tertiary/aromatic N) is 3. The van der Waals surface area contributed by atoms with Gasteiger partial charge < -0.3 is 35.2 Å². The number of aromatic nitrogens is 3. The molecule has 1 fully saturated rings. The smallest absolute Gasteiger partial charge is 0.350 e. The van der Waals surface area contributed by atoms with Gasteiger partial charge in [0.05, 0.1) is 18.2 Å². The second-order valence-corrected chi connectivity index (χ2v) is 7.55. The molecule has 3 rings (SSSR count). The molecule has 0 aliphatic carbocycles. The van der Waals surface area contributed by atoms with E-state index in [0.29, 0.717) is 11.1 Å². The molecule has 3 heterocycles. The Morgan fingerprint density at radius 2 is 2.12 bits per heavy atom. The topological polar surface area (TPSA) is 173 Å². The lowest BCUT2D eigenvalue weighted by Crippen LogP contribution is -2.34. The number of nitrogen functional groups attached to an aromatic ring is 1. The maximum absolute atomic E-state index is 10.8. The summed E-state index contributed by atoms with van der Waals surface area (Å²) in [5, 5.41) is 25.0. The van der Waals surface area contributed by atoms with Gasteiger partial charge in [-0.25, -0.2) is 9.67 Å². The first-order valence-electron chi connectivity index (χ1n) is 7.10. The Hall–Kier alpha value is -1.30. The molecule has 0 radical (unpaired) electrons. The van der Waals surface area contributed by atoms with Gasteiger partial charge >= 0.3 is 7.60 Å². The Kier molecular flexibility index (Phi) is 5.02. The normalized spacial score (nSPS) is 27.2. The molecule has 2 aromatic rings. The van der Waals surface area contributed by atoms with E-state index in [-0.39, 0.29) is 17.4 Å². The van der Waals surface area contributed by atoms with Crippen LogP contribution in [0.2, 0.25) is 5.15 Å². The van der Waals surface area contributed by atoms with Crippen molar-refractivity contribution >= 4 is 35.9 Å². The summed E-state index contributed by atoms with van der Waals surface area (Å²) >= 11 is 5.89. The number of aliphatic hydroxyl groups excluding tert-OH is 2. The molecule has 25 heavy (non-hydrogen) atoms. The molecule has 0 amide bonds. The Bertz CT molecular complexity index is 827. The third kappa shape index (κ3) is 3.78. The number of hydrogen-bond acceptors (Lipinski definition) is 8. The minimum absolute atomic E-state index is 0.126. The number of aliphatic hydroxyl groups is 2. The lowest BCUT2D eigenvalue weighted by atomic mass is 10.1. The number of anilines is 1. The van der Waals surface area contributed by atoms with Gasteiger partial charge in [-0.1, -0.05) is 11.6 Å². The minimum atomic E-state index is -4.34. The summed E-state index contributed by atoms with van der Waals surface area (Å²) in [6, 6.07) is 1.45. The van der Waals surface area contributed by atoms with Crippen LogP contribution in [0, 0.1) is 0 Å². The van der Waals surface area contributed by atoms with Crippen molar-refractivity contribution in [2.24, 2.45) is 0 Å². The molecule has 13 heteroatoms. The Balaban J connectivity index is 1.80. The van der Waals surface area contributed by atoms with E-state index >= 15 is 0 Å². The standard InChI is InChI=1S/C12H16ClN4O7P/c13-8-1-6(14)5-2-15-17(11(5)16-8)12-10(19)9(18)7(24-12)3-23-4-25(20,21)22/h1-2,7,9-10,12,18-19H,3-4H2,(H2,14,16)(H2,20,21,22)/t7-,9-,10-,12-/m1/s1. The van der Waals surface area contributed by atoms with Crippen LogP contribution in [0.4, 0.5) is 5.69 Å². The lowest BCUT2D eigenvalue weighted by molar-refractivity contribution is -0.0658. The van der Waals surface area contributed by atoms with E-state index in [1.807, 2.05) is 0 Å². The predicted octanol–water partition coefficient (Wildman–Crippen LogP) is -0.562. The molecule has 138 valence electrons. The van der Waals surface area contributed by atoms with Crippen LogP contribution < -0.4 is 5.73 Å². The zero-order chi connectivity index (χ0) is 18.4. The van der Waals surface area contributed by atoms with Crippen molar-refractivity contribution < 1.29 is 34.0 Å². The van der Waals surface area contributed by atoms with E-state index in [4.69, 9.17) is 36.6 Å². The van der Waals surface area contributed by atoms with Crippen LogP contribution in [0.1, 0.15) is 6.23 Å². The van der Waals surface area contributed by atoms with E-state index < -0.39 is 38.5 Å². The first-order chi connectivity index (χ1) is 11.7. The van der Waals surface area contributed by atoms with Gasteiger partial charge in [0.15, 0.2) is 11.9 Å². The number of hydrogen-bond donors (Lipinski definition) is 5. The maximum Gasteiger partial charge on any atom is 0.350 e. The predicted molar refractivity (Wildman–Crippen MR) is 85.7 cm³/mol. The van der Waals surface area contributed by atoms with E-state index in [1.165, 1.54) is 16.9 Å². The SMILES string of the molecule is Nc1cc(Cl)nc2c1cnn2[C@@H]1O[C@H](COCP(=O)(O)O)[C@@H](O)[C@H]1O. The highest BCUT2D eigenvalue weighted by atomic mass is 35.5. The summed E-state index contributed by atoms with van der Waals surface area (Å²) in [6.45, 7) is -0.324. The van der Waals surface area contributed by atoms with Crippen LogP contribution in [0.3, 0.4) is 0 Å². The number of ether oxygens (including phenoxy) is 2. The van der Waals surface area contributed by atoms with Crippen molar-refractivity contribution in [3.05, 3.63) is 17.4 Å². The van der Waals surface area contributed by atoms with Crippen LogP contribution in [0.25, 0.3) is 11.0 Å². The van der Waals surface area contributed by atoms with Crippen LogP contribution in [-0.4, -0.2) is 66.0 Å². The fourth-order valence-corrected chi connectivity index (χ4v) is 3.09. The molecule has 4 atom stereocenters. The molecule has 6 N–H and O–H groups in total. The third-order valence-corrected chi connectivity index (χ3v) is 4.40. The van der Waals surface area contributed by atoms with Crippen molar-refractivity contribution in [2.75, 3.05) is 18.7 Å². The molecular formula is C12H16ClN4O7P. The molecule has 0 spiro atoms. The van der Waals surface area contributed by atoms with Crippen LogP contribution in [-0.2, 0) is 14.0 Å². The molecular weight excluding hydrogens is 379 g/mol. The number of fused-ring (bicyclic) bond motifs is 1. The highest BCUT2D eigenvalue weighted by Crippen LogP contribution is 2.36. The largest absolute Gasteiger partial charge is 0.398 e. The second-order valence-electron chi connectivity index (χ2n) is 5.57. The Morgan fingerprint density at radius 1 is 1.40 bits per heavy atom. The summed E-state index contributed by atoms with van der Waals surface area (Å²) in [5.41, 5.74) is 6.45. The van der Waals surface area contributed by atoms with Gasteiger partial charge in [0.2, 0.25) is 0 Å². The van der Waals surface area contributed by atoms with E-state index in [0.717, 1.165) is 0 Å². The van der Waals surface area contributed by atoms with Crippen LogP contribution >= 0.6 is 19.2 Å². The maximum atomic E-state index is 10.8. The highest BCUT2D eigenvalue weighted by Gasteiger charge is 2.45. The summed E-state index contributed by atoms with van der Waals surface area (Å²) in [7, 11) is -4.34. The first-order valence-corrected chi connectivity index (χ1v) is 9.28. The van der Waals surface area contributed by atoms with Gasteiger partial charge in [-0.2, -0.15) is 5.10 Å². The molecule has 1 aliphatic heterocycles. The van der Waals surface area contributed by atoms with Crippen molar-refractivity contribution in [3.8, 4) is 0 Å². The molecule has 0 aromatic carbocycles. The molecule has 0 unspecified atom stereocenters. The van der Waals surface area contributed by atoms with E-state index in [9.17, 15) is 14.8 Å². The van der Waals surface area contributed by atoms with Crippen molar-refractivity contribution in [3.63, 3.8) is 0 Å². The Morgan fingerprint density at radius 3 is 2.80 bits per heavy atom. The fourth-order valence-electron chi connectivity index (χ4n) is 2.55. The van der Waals surface area contributed by atoms with Gasteiger partial charge in [0.25, 0.3) is 0 Å². The van der Waals surface area contributed by atoms with Crippen LogP contribution in [0.5, 0.6) is 0 Å². The summed E-state index contributed by atoms with van der Waals surface area (Å²) in [5.74, 6) is 0. The molecule has 1 saturated heterocycles. The average molecular weight is 395 g/mol. The van der Waals surface area contributed by atoms with Gasteiger partial charge in [-0.05, 0) is 6.07 Å². The quantitative estimate of drug-likeness (QED) is 0.326. The first kappa shape index (κ1) is 18.5. The zero-order valence-electron chi connectivity index (χ0n) is 12.6. The molecule has 1 aliphatic rings. The average Bonchev–Trinajstić information content (AvgIpc) is 3.02. The monoisotopic (exact) mass is 394 g/mol. The number of halogens is 1. The fraction of sp³-hybridized carbons (Fsp3) is 0.500. The second kappa shape index (κ2) is 6.78. The van der Waals surface area contributed by atoms with Gasteiger partial charge in [0, 0.05) is 5.69 Å². The molecule has 0 saturated carbocycles. The zero-order valence-corrected chi connectivity index (χ0v) is 14.3. The Labute approximate surface area is 146 Å². The van der Waals surface area contributed by atoms with E-state index in [1.54, 1.807) is 0 Å². The third-order valence-electron chi connectivity index (χ3n) is 3.69. The van der Waals surface area contributed by atoms with Crippen molar-refractivity contribution in [1.82, 2.24) is 14.8 Å². The molecule has 11 nitrogen and oxygen atoms in total.